The molecular formula is C21H17FN2O6. The first-order chi connectivity index (χ1) is 14.4. The normalized spacial score (nSPS) is 10.4. The molecule has 1 heterocycles. The molecule has 0 aliphatic rings. The second-order valence-corrected chi connectivity index (χ2v) is 6.27. The van der Waals surface area contributed by atoms with E-state index in [-0.39, 0.29) is 17.3 Å². The van der Waals surface area contributed by atoms with E-state index in [1.165, 1.54) is 48.5 Å². The van der Waals surface area contributed by atoms with Crippen LogP contribution in [-0.4, -0.2) is 30.0 Å². The van der Waals surface area contributed by atoms with Gasteiger partial charge in [0.1, 0.15) is 11.6 Å². The van der Waals surface area contributed by atoms with Crippen molar-refractivity contribution >= 4 is 17.6 Å². The Kier molecular flexibility index (Phi) is 6.53. The number of hydrogen-bond donors (Lipinski definition) is 1. The molecule has 0 saturated heterocycles. The van der Waals surface area contributed by atoms with E-state index >= 15 is 0 Å². The van der Waals surface area contributed by atoms with Gasteiger partial charge < -0.3 is 14.5 Å². The summed E-state index contributed by atoms with van der Waals surface area (Å²) in [6.45, 7) is -0.164. The van der Waals surface area contributed by atoms with Gasteiger partial charge in [-0.3, -0.25) is 14.9 Å². The monoisotopic (exact) mass is 412 g/mol. The van der Waals surface area contributed by atoms with Crippen molar-refractivity contribution in [2.45, 2.75) is 6.42 Å². The van der Waals surface area contributed by atoms with Crippen molar-refractivity contribution in [3.63, 3.8) is 0 Å². The third-order valence-corrected chi connectivity index (χ3v) is 4.15. The van der Waals surface area contributed by atoms with Crippen LogP contribution >= 0.6 is 0 Å². The Morgan fingerprint density at radius 3 is 2.40 bits per heavy atom. The number of ether oxygens (including phenoxy) is 1. The summed E-state index contributed by atoms with van der Waals surface area (Å²) in [5, 5.41) is 13.3. The summed E-state index contributed by atoms with van der Waals surface area (Å²) in [5.74, 6) is -1.38. The van der Waals surface area contributed by atoms with Gasteiger partial charge in [0.05, 0.1) is 4.92 Å². The molecule has 0 aliphatic heterocycles. The zero-order valence-corrected chi connectivity index (χ0v) is 15.7. The smallest absolute Gasteiger partial charge is 0.374 e. The molecular weight excluding hydrogens is 395 g/mol. The first-order valence-electron chi connectivity index (χ1n) is 8.95. The molecule has 3 rings (SSSR count). The lowest BCUT2D eigenvalue weighted by molar-refractivity contribution is -0.384. The maximum atomic E-state index is 12.8. The van der Waals surface area contributed by atoms with Gasteiger partial charge in [-0.05, 0) is 48.4 Å². The Hall–Kier alpha value is -4.01. The zero-order valence-electron chi connectivity index (χ0n) is 15.7. The van der Waals surface area contributed by atoms with Crippen molar-refractivity contribution in [3.05, 3.63) is 87.9 Å². The predicted octanol–water partition coefficient (Wildman–Crippen LogP) is 3.51. The summed E-state index contributed by atoms with van der Waals surface area (Å²) in [6, 6.07) is 14.5. The highest BCUT2D eigenvalue weighted by Crippen LogP contribution is 2.24. The Balaban J connectivity index is 1.46. The average Bonchev–Trinajstić information content (AvgIpc) is 3.24. The van der Waals surface area contributed by atoms with Crippen LogP contribution in [0.3, 0.4) is 0 Å². The number of nitrogens with one attached hydrogen (secondary N) is 1. The maximum Gasteiger partial charge on any atom is 0.374 e. The van der Waals surface area contributed by atoms with E-state index in [0.717, 1.165) is 5.56 Å². The topological polar surface area (TPSA) is 112 Å². The molecule has 8 nitrogen and oxygen atoms in total. The number of esters is 1. The Morgan fingerprint density at radius 2 is 1.73 bits per heavy atom. The molecule has 1 N–H and O–H groups in total. The van der Waals surface area contributed by atoms with Crippen LogP contribution in [-0.2, 0) is 16.0 Å². The average molecular weight is 412 g/mol. The number of carbonyl (C=O) groups is 2. The predicted molar refractivity (Wildman–Crippen MR) is 104 cm³/mol. The van der Waals surface area contributed by atoms with Crippen LogP contribution < -0.4 is 5.32 Å². The zero-order chi connectivity index (χ0) is 21.5. The van der Waals surface area contributed by atoms with Gasteiger partial charge in [-0.2, -0.15) is 0 Å². The van der Waals surface area contributed by atoms with E-state index in [1.807, 2.05) is 0 Å². The fourth-order valence-corrected chi connectivity index (χ4v) is 2.60. The molecule has 1 aromatic heterocycles. The summed E-state index contributed by atoms with van der Waals surface area (Å²) < 4.78 is 23.2. The molecule has 0 unspecified atom stereocenters. The van der Waals surface area contributed by atoms with Gasteiger partial charge in [-0.25, -0.2) is 9.18 Å². The summed E-state index contributed by atoms with van der Waals surface area (Å²) in [4.78, 5) is 34.0. The largest absolute Gasteiger partial charge is 0.450 e. The molecule has 3 aromatic rings. The van der Waals surface area contributed by atoms with Crippen LogP contribution in [0.25, 0.3) is 11.3 Å². The van der Waals surface area contributed by atoms with Crippen LogP contribution in [0.5, 0.6) is 0 Å². The van der Waals surface area contributed by atoms with E-state index in [4.69, 9.17) is 9.15 Å². The number of amides is 1. The molecule has 154 valence electrons. The van der Waals surface area contributed by atoms with E-state index in [9.17, 15) is 24.1 Å². The van der Waals surface area contributed by atoms with Gasteiger partial charge in [-0.1, -0.05) is 12.1 Å². The van der Waals surface area contributed by atoms with Crippen molar-refractivity contribution in [2.75, 3.05) is 13.2 Å². The van der Waals surface area contributed by atoms with Crippen LogP contribution in [0.4, 0.5) is 10.1 Å². The number of nitro groups is 1. The number of benzene rings is 2. The minimum Gasteiger partial charge on any atom is -0.450 e. The quantitative estimate of drug-likeness (QED) is 0.344. The molecule has 30 heavy (non-hydrogen) atoms. The third-order valence-electron chi connectivity index (χ3n) is 4.15. The molecule has 0 bridgehead atoms. The number of furan rings is 1. The van der Waals surface area contributed by atoms with Crippen LogP contribution in [0.1, 0.15) is 16.1 Å². The standard InChI is InChI=1S/C21H17FN2O6/c22-16-5-1-14(2-6-16)11-12-23-20(25)13-29-21(26)19-10-9-18(30-19)15-3-7-17(8-4-15)24(27)28/h1-10H,11-13H2,(H,23,25). The second kappa shape index (κ2) is 9.46. The molecule has 9 heteroatoms. The molecule has 2 aromatic carbocycles. The molecule has 0 atom stereocenters. The highest BCUT2D eigenvalue weighted by molar-refractivity contribution is 5.89. The second-order valence-electron chi connectivity index (χ2n) is 6.27. The number of non-ortho nitro benzene ring substituents is 1. The number of carbonyl (C=O) groups excluding carboxylic acids is 2. The number of nitro benzene ring substituents is 1. The maximum absolute atomic E-state index is 12.8. The van der Waals surface area contributed by atoms with Gasteiger partial charge in [-0.15, -0.1) is 0 Å². The Bertz CT molecular complexity index is 1040. The van der Waals surface area contributed by atoms with Gasteiger partial charge >= 0.3 is 5.97 Å². The summed E-state index contributed by atoms with van der Waals surface area (Å²) in [6.07, 6.45) is 0.511. The van der Waals surface area contributed by atoms with E-state index < -0.39 is 23.4 Å². The van der Waals surface area contributed by atoms with Crippen molar-refractivity contribution in [1.82, 2.24) is 5.32 Å². The summed E-state index contributed by atoms with van der Waals surface area (Å²) in [7, 11) is 0. The van der Waals surface area contributed by atoms with E-state index in [2.05, 4.69) is 5.32 Å². The SMILES string of the molecule is O=C(COC(=O)c1ccc(-c2ccc([N+](=O)[O-])cc2)o1)NCCc1ccc(F)cc1. The fourth-order valence-electron chi connectivity index (χ4n) is 2.60. The lowest BCUT2D eigenvalue weighted by atomic mass is 10.1. The Morgan fingerprint density at radius 1 is 1.03 bits per heavy atom. The molecule has 0 spiro atoms. The van der Waals surface area contributed by atoms with Crippen molar-refractivity contribution < 1.29 is 28.1 Å². The minimum absolute atomic E-state index is 0.0598. The highest BCUT2D eigenvalue weighted by atomic mass is 19.1. The highest BCUT2D eigenvalue weighted by Gasteiger charge is 2.16. The van der Waals surface area contributed by atoms with Crippen molar-refractivity contribution in [2.24, 2.45) is 0 Å². The first kappa shape index (κ1) is 20.7. The first-order valence-corrected chi connectivity index (χ1v) is 8.95. The molecule has 0 fully saturated rings. The fraction of sp³-hybridized carbons (Fsp3) is 0.143. The van der Waals surface area contributed by atoms with Crippen LogP contribution in [0, 0.1) is 15.9 Å². The van der Waals surface area contributed by atoms with Crippen molar-refractivity contribution in [3.8, 4) is 11.3 Å². The lowest BCUT2D eigenvalue weighted by Crippen LogP contribution is -2.30. The summed E-state index contributed by atoms with van der Waals surface area (Å²) in [5.41, 5.74) is 1.36. The van der Waals surface area contributed by atoms with E-state index in [1.54, 1.807) is 12.1 Å². The van der Waals surface area contributed by atoms with Gasteiger partial charge in [0, 0.05) is 24.2 Å². The van der Waals surface area contributed by atoms with Crippen LogP contribution in [0.2, 0.25) is 0 Å². The van der Waals surface area contributed by atoms with E-state index in [0.29, 0.717) is 24.3 Å². The molecule has 1 amide bonds. The summed E-state index contributed by atoms with van der Waals surface area (Å²) >= 11 is 0. The van der Waals surface area contributed by atoms with Crippen molar-refractivity contribution in [1.29, 1.82) is 0 Å². The third kappa shape index (κ3) is 5.51. The number of rotatable bonds is 8. The number of nitrogens with zero attached hydrogens (tertiary/aromatic N) is 1. The van der Waals surface area contributed by atoms with Gasteiger partial charge in [0.2, 0.25) is 5.76 Å². The Labute approximate surface area is 170 Å². The van der Waals surface area contributed by atoms with Gasteiger partial charge in [0.15, 0.2) is 6.61 Å². The number of hydrogen-bond acceptors (Lipinski definition) is 6. The minimum atomic E-state index is -0.808. The lowest BCUT2D eigenvalue weighted by Gasteiger charge is -2.06. The molecule has 0 saturated carbocycles. The number of halogens is 1. The molecule has 0 radical (unpaired) electrons. The van der Waals surface area contributed by atoms with Crippen LogP contribution in [0.15, 0.2) is 65.1 Å². The van der Waals surface area contributed by atoms with Gasteiger partial charge in [0.25, 0.3) is 11.6 Å². The molecule has 0 aliphatic carbocycles.